The number of carbonyl (C=O) groups is 3. The number of amides is 2. The van der Waals surface area contributed by atoms with E-state index in [9.17, 15) is 14.4 Å². The van der Waals surface area contributed by atoms with Crippen LogP contribution in [-0.4, -0.2) is 63.7 Å². The number of rotatable bonds is 6. The third-order valence-electron chi connectivity index (χ3n) is 5.48. The first-order valence-electron chi connectivity index (χ1n) is 9.81. The van der Waals surface area contributed by atoms with E-state index in [-0.39, 0.29) is 30.2 Å². The molecule has 0 spiro atoms. The molecular weight excluding hydrogens is 346 g/mol. The smallest absolute Gasteiger partial charge is 0.338 e. The minimum atomic E-state index is -0.378. The molecule has 0 saturated carbocycles. The van der Waals surface area contributed by atoms with Gasteiger partial charge in [0.2, 0.25) is 5.91 Å². The van der Waals surface area contributed by atoms with Crippen molar-refractivity contribution in [2.75, 3.05) is 44.7 Å². The van der Waals surface area contributed by atoms with Crippen LogP contribution in [-0.2, 0) is 14.3 Å². The van der Waals surface area contributed by atoms with Crippen LogP contribution in [0, 0.1) is 0 Å². The summed E-state index contributed by atoms with van der Waals surface area (Å²) in [6.07, 6.45) is 2.05. The molecule has 0 radical (unpaired) electrons. The number of nitrogens with one attached hydrogen (secondary N) is 2. The van der Waals surface area contributed by atoms with Gasteiger partial charge in [-0.15, -0.1) is 0 Å². The van der Waals surface area contributed by atoms with E-state index < -0.39 is 0 Å². The van der Waals surface area contributed by atoms with Crippen molar-refractivity contribution in [3.8, 4) is 0 Å². The first-order chi connectivity index (χ1) is 13.0. The third kappa shape index (κ3) is 4.36. The Morgan fingerprint density at radius 3 is 2.44 bits per heavy atom. The number of esters is 1. The highest BCUT2D eigenvalue weighted by Crippen LogP contribution is 2.22. The molecule has 2 heterocycles. The topological polar surface area (TPSA) is 72.6 Å². The Labute approximate surface area is 159 Å². The number of ether oxygens (including phenoxy) is 1. The van der Waals surface area contributed by atoms with Gasteiger partial charge in [-0.2, -0.15) is 0 Å². The van der Waals surface area contributed by atoms with E-state index in [1.54, 1.807) is 24.3 Å². The number of benzene rings is 1. The zero-order valence-electron chi connectivity index (χ0n) is 16.1. The lowest BCUT2D eigenvalue weighted by Gasteiger charge is -2.30. The average molecular weight is 375 g/mol. The average Bonchev–Trinajstić information content (AvgIpc) is 2.97. The van der Waals surface area contributed by atoms with E-state index in [1.165, 1.54) is 14.7 Å². The number of unbranched alkanes of at least 4 members (excludes halogenated alkanes) is 1. The molecule has 7 nitrogen and oxygen atoms in total. The molecule has 0 aromatic heterocycles. The highest BCUT2D eigenvalue weighted by molar-refractivity contribution is 6.21. The van der Waals surface area contributed by atoms with E-state index in [4.69, 9.17) is 4.74 Å². The van der Waals surface area contributed by atoms with Gasteiger partial charge in [-0.05, 0) is 30.7 Å². The van der Waals surface area contributed by atoms with Gasteiger partial charge in [0.05, 0.1) is 31.3 Å². The second-order valence-corrected chi connectivity index (χ2v) is 7.48. The van der Waals surface area contributed by atoms with E-state index in [2.05, 4.69) is 7.05 Å². The molecule has 0 bridgehead atoms. The van der Waals surface area contributed by atoms with Gasteiger partial charge < -0.3 is 14.5 Å². The number of anilines is 1. The summed E-state index contributed by atoms with van der Waals surface area (Å²) in [4.78, 5) is 41.3. The molecule has 146 valence electrons. The minimum Gasteiger partial charge on any atom is -0.462 e. The van der Waals surface area contributed by atoms with Gasteiger partial charge in [-0.25, -0.2) is 9.69 Å². The fourth-order valence-electron chi connectivity index (χ4n) is 3.71. The lowest BCUT2D eigenvalue weighted by atomic mass is 10.1. The van der Waals surface area contributed by atoms with Gasteiger partial charge in [0, 0.05) is 0 Å². The van der Waals surface area contributed by atoms with Crippen molar-refractivity contribution in [1.82, 2.24) is 0 Å². The zero-order valence-corrected chi connectivity index (χ0v) is 16.1. The van der Waals surface area contributed by atoms with Gasteiger partial charge in [0.1, 0.15) is 26.2 Å². The van der Waals surface area contributed by atoms with Crippen molar-refractivity contribution in [3.63, 3.8) is 0 Å². The van der Waals surface area contributed by atoms with Crippen molar-refractivity contribution in [3.05, 3.63) is 29.8 Å². The van der Waals surface area contributed by atoms with Crippen LogP contribution in [0.2, 0.25) is 0 Å². The van der Waals surface area contributed by atoms with Crippen LogP contribution < -0.4 is 14.7 Å². The predicted octanol–water partition coefficient (Wildman–Crippen LogP) is -1.31. The maximum atomic E-state index is 12.9. The highest BCUT2D eigenvalue weighted by Gasteiger charge is 2.46. The van der Waals surface area contributed by atoms with Crippen LogP contribution in [0.25, 0.3) is 0 Å². The van der Waals surface area contributed by atoms with Crippen molar-refractivity contribution in [2.24, 2.45) is 0 Å². The number of nitrogens with zero attached hydrogens (tertiary/aromatic N) is 1. The molecule has 0 aliphatic carbocycles. The molecule has 7 heteroatoms. The Kier molecular flexibility index (Phi) is 6.23. The standard InChI is InChI=1S/C20H27N3O4/c1-3-4-13-27-20(26)15-5-7-16(8-6-15)23-18(24)14-17(19(23)25)22-11-9-21(2)10-12-22/h5-8,17H,3-4,9-14H2,1-2H3/p+2/t17-/m0/s1. The summed E-state index contributed by atoms with van der Waals surface area (Å²) in [6, 6.07) is 6.24. The molecule has 0 unspecified atom stereocenters. The Morgan fingerprint density at radius 1 is 1.15 bits per heavy atom. The van der Waals surface area contributed by atoms with Crippen LogP contribution >= 0.6 is 0 Å². The fourth-order valence-corrected chi connectivity index (χ4v) is 3.71. The lowest BCUT2D eigenvalue weighted by Crippen LogP contribution is -3.29. The van der Waals surface area contributed by atoms with Crippen molar-refractivity contribution in [2.45, 2.75) is 32.2 Å². The van der Waals surface area contributed by atoms with Gasteiger partial charge in [-0.1, -0.05) is 13.3 Å². The van der Waals surface area contributed by atoms with Crippen LogP contribution in [0.4, 0.5) is 5.69 Å². The normalized spacial score (nSPS) is 25.7. The number of hydrogen-bond donors (Lipinski definition) is 2. The number of hydrogen-bond acceptors (Lipinski definition) is 4. The SMILES string of the molecule is CCCCOC(=O)c1ccc(N2C(=O)C[C@H]([NH+]3CC[NH+](C)CC3)C2=O)cc1. The van der Waals surface area contributed by atoms with Crippen LogP contribution in [0.3, 0.4) is 0 Å². The maximum absolute atomic E-state index is 12.9. The first kappa shape index (κ1) is 19.5. The number of quaternary nitrogens is 2. The molecule has 2 aliphatic rings. The Balaban J connectivity index is 1.66. The molecule has 1 aromatic carbocycles. The maximum Gasteiger partial charge on any atom is 0.338 e. The molecule has 27 heavy (non-hydrogen) atoms. The number of piperazine rings is 1. The summed E-state index contributed by atoms with van der Waals surface area (Å²) in [5.41, 5.74) is 0.954. The van der Waals surface area contributed by atoms with Gasteiger partial charge in [-0.3, -0.25) is 9.59 Å². The summed E-state index contributed by atoms with van der Waals surface area (Å²) in [5.74, 6) is -0.675. The zero-order chi connectivity index (χ0) is 19.4. The predicted molar refractivity (Wildman–Crippen MR) is 99.8 cm³/mol. The number of imide groups is 1. The fraction of sp³-hybridized carbons (Fsp3) is 0.550. The summed E-state index contributed by atoms with van der Waals surface area (Å²) >= 11 is 0. The van der Waals surface area contributed by atoms with E-state index in [0.717, 1.165) is 39.0 Å². The Morgan fingerprint density at radius 2 is 1.81 bits per heavy atom. The number of likely N-dealkylation sites (N-methyl/N-ethyl adjacent to an activating group) is 1. The van der Waals surface area contributed by atoms with E-state index >= 15 is 0 Å². The van der Waals surface area contributed by atoms with E-state index in [1.807, 2.05) is 6.92 Å². The third-order valence-corrected chi connectivity index (χ3v) is 5.48. The monoisotopic (exact) mass is 375 g/mol. The van der Waals surface area contributed by atoms with Crippen molar-refractivity contribution < 1.29 is 28.9 Å². The molecule has 3 rings (SSSR count). The van der Waals surface area contributed by atoms with Gasteiger partial charge in [0.25, 0.3) is 5.91 Å². The molecular formula is C20H29N3O4+2. The molecule has 1 aromatic rings. The summed E-state index contributed by atoms with van der Waals surface area (Å²) < 4.78 is 5.19. The second kappa shape index (κ2) is 8.63. The number of carbonyl (C=O) groups excluding carboxylic acids is 3. The molecule has 2 fully saturated rings. The minimum absolute atomic E-state index is 0.132. The van der Waals surface area contributed by atoms with E-state index in [0.29, 0.717) is 17.9 Å². The largest absolute Gasteiger partial charge is 0.462 e. The molecule has 2 aliphatic heterocycles. The van der Waals surface area contributed by atoms with Gasteiger partial charge >= 0.3 is 5.97 Å². The molecule has 2 N–H and O–H groups in total. The Hall–Kier alpha value is -2.25. The summed E-state index contributed by atoms with van der Waals surface area (Å²) in [5, 5.41) is 0. The molecule has 2 amide bonds. The molecule has 1 atom stereocenters. The van der Waals surface area contributed by atoms with Crippen LogP contribution in [0.5, 0.6) is 0 Å². The highest BCUT2D eigenvalue weighted by atomic mass is 16.5. The van der Waals surface area contributed by atoms with Crippen molar-refractivity contribution >= 4 is 23.5 Å². The van der Waals surface area contributed by atoms with Crippen LogP contribution in [0.15, 0.2) is 24.3 Å². The first-order valence-corrected chi connectivity index (χ1v) is 9.81. The van der Waals surface area contributed by atoms with Crippen molar-refractivity contribution in [1.29, 1.82) is 0 Å². The van der Waals surface area contributed by atoms with Gasteiger partial charge in [0.15, 0.2) is 6.04 Å². The Bertz CT molecular complexity index is 696. The molecule has 2 saturated heterocycles. The lowest BCUT2D eigenvalue weighted by molar-refractivity contribution is -1.01. The second-order valence-electron chi connectivity index (χ2n) is 7.48. The summed E-state index contributed by atoms with van der Waals surface area (Å²) in [6.45, 7) is 6.28. The summed E-state index contributed by atoms with van der Waals surface area (Å²) in [7, 11) is 2.15. The van der Waals surface area contributed by atoms with Crippen LogP contribution in [0.1, 0.15) is 36.5 Å². The quantitative estimate of drug-likeness (QED) is 0.368.